The topological polar surface area (TPSA) is 55.8 Å². The second-order valence-electron chi connectivity index (χ2n) is 4.30. The number of carboxylic acid groups (broad SMARTS) is 1. The molecule has 110 valence electrons. The summed E-state index contributed by atoms with van der Waals surface area (Å²) >= 11 is 1.66. The summed E-state index contributed by atoms with van der Waals surface area (Å²) in [5, 5.41) is 9.03. The summed E-state index contributed by atoms with van der Waals surface area (Å²) in [5.74, 6) is 0.375. The zero-order valence-corrected chi connectivity index (χ0v) is 12.6. The number of ether oxygens (including phenoxy) is 2. The lowest BCUT2D eigenvalue weighted by Crippen LogP contribution is -2.03. The van der Waals surface area contributed by atoms with Crippen molar-refractivity contribution in [1.82, 2.24) is 0 Å². The van der Waals surface area contributed by atoms with E-state index in [2.05, 4.69) is 0 Å². The van der Waals surface area contributed by atoms with Gasteiger partial charge in [-0.05, 0) is 48.7 Å². The quantitative estimate of drug-likeness (QED) is 0.825. The second kappa shape index (κ2) is 7.04. The molecule has 0 saturated heterocycles. The van der Waals surface area contributed by atoms with Crippen molar-refractivity contribution >= 4 is 17.7 Å². The maximum atomic E-state index is 11.0. The zero-order valence-electron chi connectivity index (χ0n) is 11.8. The molecular formula is C16H16O4S. The summed E-state index contributed by atoms with van der Waals surface area (Å²) in [5.41, 5.74) is 0.915. The Morgan fingerprint density at radius 2 is 1.90 bits per heavy atom. The second-order valence-corrected chi connectivity index (χ2v) is 5.18. The Morgan fingerprint density at radius 1 is 1.19 bits per heavy atom. The maximum Gasteiger partial charge on any atom is 0.335 e. The summed E-state index contributed by atoms with van der Waals surface area (Å²) in [6.07, 6.45) is 2.01. The predicted octanol–water partition coefficient (Wildman–Crippen LogP) is 3.69. The van der Waals surface area contributed by atoms with Crippen molar-refractivity contribution in [2.45, 2.75) is 11.5 Å². The molecule has 0 bridgehead atoms. The van der Waals surface area contributed by atoms with Gasteiger partial charge in [0.15, 0.2) is 0 Å². The fourth-order valence-corrected chi connectivity index (χ4v) is 2.27. The van der Waals surface area contributed by atoms with Crippen LogP contribution in [0.5, 0.6) is 11.5 Å². The molecule has 0 aliphatic heterocycles. The van der Waals surface area contributed by atoms with Crippen LogP contribution in [0.2, 0.25) is 0 Å². The molecule has 0 saturated carbocycles. The highest BCUT2D eigenvalue weighted by Gasteiger charge is 2.09. The molecule has 0 spiro atoms. The monoisotopic (exact) mass is 304 g/mol. The maximum absolute atomic E-state index is 11.0. The molecule has 1 N–H and O–H groups in total. The van der Waals surface area contributed by atoms with Crippen LogP contribution < -0.4 is 9.47 Å². The normalized spacial score (nSPS) is 10.2. The standard InChI is InChI=1S/C16H16O4S/c1-19-15-8-3-11(16(17)18)9-12(15)10-20-13-4-6-14(21-2)7-5-13/h3-9H,10H2,1-2H3,(H,17,18). The number of hydrogen-bond acceptors (Lipinski definition) is 4. The predicted molar refractivity (Wildman–Crippen MR) is 82.5 cm³/mol. The molecule has 0 radical (unpaired) electrons. The Hall–Kier alpha value is -2.14. The molecule has 0 amide bonds. The van der Waals surface area contributed by atoms with E-state index in [1.54, 1.807) is 31.0 Å². The van der Waals surface area contributed by atoms with Crippen molar-refractivity contribution in [3.05, 3.63) is 53.6 Å². The number of methoxy groups -OCH3 is 1. The van der Waals surface area contributed by atoms with E-state index in [0.29, 0.717) is 11.3 Å². The van der Waals surface area contributed by atoms with E-state index in [-0.39, 0.29) is 12.2 Å². The van der Waals surface area contributed by atoms with Gasteiger partial charge in [-0.25, -0.2) is 4.79 Å². The van der Waals surface area contributed by atoms with E-state index in [4.69, 9.17) is 14.6 Å². The number of aromatic carboxylic acids is 1. The van der Waals surface area contributed by atoms with E-state index in [9.17, 15) is 4.79 Å². The average molecular weight is 304 g/mol. The van der Waals surface area contributed by atoms with Crippen molar-refractivity contribution in [3.63, 3.8) is 0 Å². The first kappa shape index (κ1) is 15.3. The van der Waals surface area contributed by atoms with Gasteiger partial charge in [0.2, 0.25) is 0 Å². The minimum Gasteiger partial charge on any atom is -0.496 e. The molecule has 0 unspecified atom stereocenters. The summed E-state index contributed by atoms with van der Waals surface area (Å²) in [6.45, 7) is 0.253. The molecule has 0 aliphatic carbocycles. The molecule has 5 heteroatoms. The first-order valence-electron chi connectivity index (χ1n) is 6.31. The Labute approximate surface area is 127 Å². The third-order valence-corrected chi connectivity index (χ3v) is 3.72. The molecular weight excluding hydrogens is 288 g/mol. The third-order valence-electron chi connectivity index (χ3n) is 2.98. The number of carboxylic acids is 1. The van der Waals surface area contributed by atoms with Gasteiger partial charge in [-0.2, -0.15) is 0 Å². The lowest BCUT2D eigenvalue weighted by molar-refractivity contribution is 0.0696. The highest BCUT2D eigenvalue weighted by Crippen LogP contribution is 2.24. The van der Waals surface area contributed by atoms with E-state index in [1.165, 1.54) is 6.07 Å². The minimum absolute atomic E-state index is 0.215. The van der Waals surface area contributed by atoms with Crippen molar-refractivity contribution < 1.29 is 19.4 Å². The van der Waals surface area contributed by atoms with Gasteiger partial charge in [-0.1, -0.05) is 0 Å². The van der Waals surface area contributed by atoms with Crippen LogP contribution in [0.3, 0.4) is 0 Å². The van der Waals surface area contributed by atoms with Crippen LogP contribution >= 0.6 is 11.8 Å². The van der Waals surface area contributed by atoms with E-state index in [0.717, 1.165) is 10.6 Å². The van der Waals surface area contributed by atoms with Gasteiger partial charge >= 0.3 is 5.97 Å². The summed E-state index contributed by atoms with van der Waals surface area (Å²) in [4.78, 5) is 12.2. The summed E-state index contributed by atoms with van der Waals surface area (Å²) < 4.78 is 10.9. The average Bonchev–Trinajstić information content (AvgIpc) is 2.53. The van der Waals surface area contributed by atoms with Gasteiger partial charge in [-0.3, -0.25) is 0 Å². The van der Waals surface area contributed by atoms with Gasteiger partial charge in [0.1, 0.15) is 18.1 Å². The van der Waals surface area contributed by atoms with Gasteiger partial charge in [0.25, 0.3) is 0 Å². The number of rotatable bonds is 6. The summed E-state index contributed by atoms with van der Waals surface area (Å²) in [7, 11) is 1.55. The molecule has 0 aliphatic rings. The minimum atomic E-state index is -0.969. The van der Waals surface area contributed by atoms with Gasteiger partial charge in [0, 0.05) is 10.5 Å². The van der Waals surface area contributed by atoms with Gasteiger partial charge in [0.05, 0.1) is 12.7 Å². The van der Waals surface area contributed by atoms with E-state index < -0.39 is 5.97 Å². The molecule has 0 heterocycles. The van der Waals surface area contributed by atoms with Crippen molar-refractivity contribution in [3.8, 4) is 11.5 Å². The molecule has 0 aromatic heterocycles. The van der Waals surface area contributed by atoms with Crippen LogP contribution in [0.4, 0.5) is 0 Å². The Balaban J connectivity index is 2.13. The fraction of sp³-hybridized carbons (Fsp3) is 0.188. The number of hydrogen-bond donors (Lipinski definition) is 1. The highest BCUT2D eigenvalue weighted by atomic mass is 32.2. The van der Waals surface area contributed by atoms with Crippen LogP contribution in [0.15, 0.2) is 47.4 Å². The molecule has 0 atom stereocenters. The first-order valence-corrected chi connectivity index (χ1v) is 7.53. The lowest BCUT2D eigenvalue weighted by Gasteiger charge is -2.11. The number of carbonyl (C=O) groups is 1. The van der Waals surface area contributed by atoms with Crippen LogP contribution in [0, 0.1) is 0 Å². The third kappa shape index (κ3) is 3.92. The van der Waals surface area contributed by atoms with Crippen LogP contribution in [-0.2, 0) is 6.61 Å². The fourth-order valence-electron chi connectivity index (χ4n) is 1.86. The Kier molecular flexibility index (Phi) is 5.11. The molecule has 0 fully saturated rings. The van der Waals surface area contributed by atoms with Gasteiger partial charge < -0.3 is 14.6 Å². The first-order chi connectivity index (χ1) is 10.1. The number of thioether (sulfide) groups is 1. The van der Waals surface area contributed by atoms with E-state index >= 15 is 0 Å². The highest BCUT2D eigenvalue weighted by molar-refractivity contribution is 7.98. The van der Waals surface area contributed by atoms with Crippen molar-refractivity contribution in [2.24, 2.45) is 0 Å². The van der Waals surface area contributed by atoms with Crippen LogP contribution in [0.1, 0.15) is 15.9 Å². The van der Waals surface area contributed by atoms with Crippen molar-refractivity contribution in [1.29, 1.82) is 0 Å². The van der Waals surface area contributed by atoms with Crippen LogP contribution in [-0.4, -0.2) is 24.4 Å². The number of benzene rings is 2. The Bertz CT molecular complexity index is 623. The summed E-state index contributed by atoms with van der Waals surface area (Å²) in [6, 6.07) is 12.4. The molecule has 2 aromatic carbocycles. The molecule has 2 rings (SSSR count). The zero-order chi connectivity index (χ0) is 15.2. The largest absolute Gasteiger partial charge is 0.496 e. The lowest BCUT2D eigenvalue weighted by atomic mass is 10.1. The van der Waals surface area contributed by atoms with Crippen molar-refractivity contribution in [2.75, 3.05) is 13.4 Å². The molecule has 21 heavy (non-hydrogen) atoms. The SMILES string of the molecule is COc1ccc(C(=O)O)cc1COc1ccc(SC)cc1. The van der Waals surface area contributed by atoms with E-state index in [1.807, 2.05) is 30.5 Å². The molecule has 4 nitrogen and oxygen atoms in total. The Morgan fingerprint density at radius 3 is 2.48 bits per heavy atom. The molecule has 2 aromatic rings. The smallest absolute Gasteiger partial charge is 0.335 e. The van der Waals surface area contributed by atoms with Crippen LogP contribution in [0.25, 0.3) is 0 Å². The van der Waals surface area contributed by atoms with Gasteiger partial charge in [-0.15, -0.1) is 11.8 Å².